The van der Waals surface area contributed by atoms with Gasteiger partial charge in [-0.3, -0.25) is 0 Å². The fourth-order valence-electron chi connectivity index (χ4n) is 1.60. The van der Waals surface area contributed by atoms with E-state index in [2.05, 4.69) is 18.6 Å². The first-order valence-corrected chi connectivity index (χ1v) is 8.01. The Hall–Kier alpha value is -0.910. The third-order valence-electron chi connectivity index (χ3n) is 3.33. The molecule has 4 nitrogen and oxygen atoms in total. The maximum Gasteiger partial charge on any atom is 0.240 e. The first-order chi connectivity index (χ1) is 8.90. The maximum atomic E-state index is 12.0. The van der Waals surface area contributed by atoms with Crippen molar-refractivity contribution in [1.82, 2.24) is 4.72 Å². The van der Waals surface area contributed by atoms with Gasteiger partial charge in [0.1, 0.15) is 0 Å². The molecule has 0 aliphatic rings. The molecule has 1 rings (SSSR count). The first-order valence-electron chi connectivity index (χ1n) is 6.53. The molecule has 0 heterocycles. The summed E-state index contributed by atoms with van der Waals surface area (Å²) in [7, 11) is -1.89. The molecular formula is C14H23NO3S. The van der Waals surface area contributed by atoms with Gasteiger partial charge in [0.2, 0.25) is 10.0 Å². The summed E-state index contributed by atoms with van der Waals surface area (Å²) in [6.45, 7) is 6.32. The minimum atomic E-state index is -3.44. The largest absolute Gasteiger partial charge is 0.380 e. The van der Waals surface area contributed by atoms with Crippen LogP contribution in [0.3, 0.4) is 0 Å². The molecule has 0 aliphatic heterocycles. The zero-order valence-corrected chi connectivity index (χ0v) is 12.8. The second kappa shape index (κ2) is 7.03. The lowest BCUT2D eigenvalue weighted by Gasteiger charge is -2.13. The number of benzene rings is 1. The fourth-order valence-corrected chi connectivity index (χ4v) is 2.72. The van der Waals surface area contributed by atoms with Crippen LogP contribution in [0, 0.1) is 0 Å². The van der Waals surface area contributed by atoms with Gasteiger partial charge in [-0.05, 0) is 37.0 Å². The molecule has 0 spiro atoms. The summed E-state index contributed by atoms with van der Waals surface area (Å²) in [6.07, 6.45) is 0.893. The zero-order chi connectivity index (χ0) is 14.5. The lowest BCUT2D eigenvalue weighted by atomic mass is 9.99. The van der Waals surface area contributed by atoms with Gasteiger partial charge in [-0.25, -0.2) is 13.1 Å². The summed E-state index contributed by atoms with van der Waals surface area (Å²) in [5, 5.41) is 0. The predicted molar refractivity (Wildman–Crippen MR) is 76.8 cm³/mol. The van der Waals surface area contributed by atoms with Crippen LogP contribution in [0.5, 0.6) is 0 Å². The van der Waals surface area contributed by atoms with E-state index < -0.39 is 10.0 Å². The van der Waals surface area contributed by atoms with Gasteiger partial charge < -0.3 is 4.74 Å². The van der Waals surface area contributed by atoms with Gasteiger partial charge in [-0.2, -0.15) is 0 Å². The van der Waals surface area contributed by atoms with Crippen LogP contribution in [0.25, 0.3) is 0 Å². The summed E-state index contributed by atoms with van der Waals surface area (Å²) >= 11 is 0. The number of ether oxygens (including phenoxy) is 1. The Morgan fingerprint density at radius 3 is 2.26 bits per heavy atom. The number of nitrogens with one attached hydrogen (secondary N) is 1. The minimum Gasteiger partial charge on any atom is -0.380 e. The smallest absolute Gasteiger partial charge is 0.240 e. The van der Waals surface area contributed by atoms with Crippen molar-refractivity contribution in [2.75, 3.05) is 13.7 Å². The van der Waals surface area contributed by atoms with Gasteiger partial charge in [-0.1, -0.05) is 26.0 Å². The lowest BCUT2D eigenvalue weighted by molar-refractivity contribution is 0.122. The molecule has 1 aromatic carbocycles. The highest BCUT2D eigenvalue weighted by molar-refractivity contribution is 7.89. The average Bonchev–Trinajstić information content (AvgIpc) is 2.44. The van der Waals surface area contributed by atoms with Gasteiger partial charge in [0.05, 0.1) is 11.0 Å². The molecule has 0 fully saturated rings. The Labute approximate surface area is 116 Å². The van der Waals surface area contributed by atoms with Crippen LogP contribution in [0.1, 0.15) is 38.7 Å². The molecule has 0 saturated heterocycles. The van der Waals surface area contributed by atoms with Crippen molar-refractivity contribution < 1.29 is 13.2 Å². The molecule has 5 heteroatoms. The molecular weight excluding hydrogens is 262 g/mol. The van der Waals surface area contributed by atoms with Crippen molar-refractivity contribution in [1.29, 1.82) is 0 Å². The highest BCUT2D eigenvalue weighted by atomic mass is 32.2. The zero-order valence-electron chi connectivity index (χ0n) is 12.0. The molecule has 2 unspecified atom stereocenters. The molecule has 0 aliphatic carbocycles. The van der Waals surface area contributed by atoms with E-state index >= 15 is 0 Å². The van der Waals surface area contributed by atoms with Gasteiger partial charge in [0.15, 0.2) is 0 Å². The van der Waals surface area contributed by atoms with Gasteiger partial charge in [-0.15, -0.1) is 0 Å². The van der Waals surface area contributed by atoms with Crippen molar-refractivity contribution in [3.05, 3.63) is 29.8 Å². The van der Waals surface area contributed by atoms with Crippen LogP contribution in [0.2, 0.25) is 0 Å². The average molecular weight is 285 g/mol. The lowest BCUT2D eigenvalue weighted by Crippen LogP contribution is -2.31. The Morgan fingerprint density at radius 1 is 1.21 bits per heavy atom. The van der Waals surface area contributed by atoms with Gasteiger partial charge in [0.25, 0.3) is 0 Å². The Morgan fingerprint density at radius 2 is 1.79 bits per heavy atom. The summed E-state index contributed by atoms with van der Waals surface area (Å²) in [6, 6.07) is 7.06. The predicted octanol–water partition coefficient (Wildman–Crippen LogP) is 2.51. The third kappa shape index (κ3) is 4.60. The number of sulfonamides is 1. The first kappa shape index (κ1) is 16.1. The topological polar surface area (TPSA) is 55.4 Å². The van der Waals surface area contributed by atoms with Crippen LogP contribution in [0.4, 0.5) is 0 Å². The third-order valence-corrected chi connectivity index (χ3v) is 4.77. The van der Waals surface area contributed by atoms with E-state index in [1.54, 1.807) is 19.2 Å². The number of hydrogen-bond donors (Lipinski definition) is 1. The standard InChI is InChI=1S/C14H23NO3S/c1-5-11(2)13-6-8-14(9-7-13)19(16,17)15-10-12(3)18-4/h6-9,11-12,15H,5,10H2,1-4H3. The van der Waals surface area contributed by atoms with Crippen molar-refractivity contribution >= 4 is 10.0 Å². The molecule has 0 saturated carbocycles. The van der Waals surface area contributed by atoms with Gasteiger partial charge >= 0.3 is 0 Å². The molecule has 0 bridgehead atoms. The Bertz CT molecular complexity index is 482. The molecule has 0 radical (unpaired) electrons. The van der Waals surface area contributed by atoms with E-state index in [0.29, 0.717) is 10.8 Å². The fraction of sp³-hybridized carbons (Fsp3) is 0.571. The number of rotatable bonds is 7. The molecule has 2 atom stereocenters. The van der Waals surface area contributed by atoms with Crippen LogP contribution in [-0.2, 0) is 14.8 Å². The van der Waals surface area contributed by atoms with E-state index in [1.807, 2.05) is 19.1 Å². The van der Waals surface area contributed by atoms with Crippen molar-refractivity contribution in [2.45, 2.75) is 44.1 Å². The van der Waals surface area contributed by atoms with E-state index in [4.69, 9.17) is 4.74 Å². The minimum absolute atomic E-state index is 0.144. The van der Waals surface area contributed by atoms with Crippen LogP contribution in [-0.4, -0.2) is 28.2 Å². The van der Waals surface area contributed by atoms with Gasteiger partial charge in [0, 0.05) is 13.7 Å². The molecule has 1 aromatic rings. The quantitative estimate of drug-likeness (QED) is 0.837. The van der Waals surface area contributed by atoms with E-state index in [9.17, 15) is 8.42 Å². The monoisotopic (exact) mass is 285 g/mol. The summed E-state index contributed by atoms with van der Waals surface area (Å²) < 4.78 is 31.6. The van der Waals surface area contributed by atoms with Crippen molar-refractivity contribution in [3.8, 4) is 0 Å². The number of hydrogen-bond acceptors (Lipinski definition) is 3. The van der Waals surface area contributed by atoms with Crippen LogP contribution >= 0.6 is 0 Å². The Kier molecular flexibility index (Phi) is 5.97. The Balaban J connectivity index is 2.79. The molecule has 0 amide bonds. The number of methoxy groups -OCH3 is 1. The van der Waals surface area contributed by atoms with Crippen LogP contribution in [0.15, 0.2) is 29.2 Å². The molecule has 19 heavy (non-hydrogen) atoms. The van der Waals surface area contributed by atoms with E-state index in [0.717, 1.165) is 12.0 Å². The second-order valence-corrected chi connectivity index (χ2v) is 6.54. The normalized spacial score (nSPS) is 15.2. The van der Waals surface area contributed by atoms with Crippen molar-refractivity contribution in [3.63, 3.8) is 0 Å². The molecule has 0 aromatic heterocycles. The SMILES string of the molecule is CCC(C)c1ccc(S(=O)(=O)NCC(C)OC)cc1. The van der Waals surface area contributed by atoms with E-state index in [1.165, 1.54) is 0 Å². The molecule has 1 N–H and O–H groups in total. The summed E-state index contributed by atoms with van der Waals surface area (Å²) in [5.74, 6) is 0.443. The highest BCUT2D eigenvalue weighted by Gasteiger charge is 2.15. The maximum absolute atomic E-state index is 12.0. The second-order valence-electron chi connectivity index (χ2n) is 4.78. The summed E-state index contributed by atoms with van der Waals surface area (Å²) in [4.78, 5) is 0.294. The highest BCUT2D eigenvalue weighted by Crippen LogP contribution is 2.20. The van der Waals surface area contributed by atoms with Crippen LogP contribution < -0.4 is 4.72 Å². The molecule has 108 valence electrons. The van der Waals surface area contributed by atoms with Crippen molar-refractivity contribution in [2.24, 2.45) is 0 Å². The summed E-state index contributed by atoms with van der Waals surface area (Å²) in [5.41, 5.74) is 1.16. The van der Waals surface area contributed by atoms with E-state index in [-0.39, 0.29) is 12.6 Å².